The summed E-state index contributed by atoms with van der Waals surface area (Å²) in [4.78, 5) is 22.5. The smallest absolute Gasteiger partial charge is 0.319 e. The van der Waals surface area contributed by atoms with E-state index in [1.54, 1.807) is 30.5 Å². The maximum atomic E-state index is 12.1. The molecule has 0 radical (unpaired) electrons. The number of hydrogen-bond acceptors (Lipinski definition) is 3. The number of halogens is 2. The number of rotatable bonds is 5. The summed E-state index contributed by atoms with van der Waals surface area (Å²) in [5.74, 6) is 0. The van der Waals surface area contributed by atoms with Crippen LogP contribution in [-0.2, 0) is 0 Å². The molecule has 9 heteroatoms. The van der Waals surface area contributed by atoms with Crippen LogP contribution in [0.4, 0.5) is 19.3 Å². The second kappa shape index (κ2) is 6.85. The molecule has 0 spiro atoms. The first-order valence-electron chi connectivity index (χ1n) is 6.35. The van der Waals surface area contributed by atoms with E-state index in [1.165, 1.54) is 10.7 Å². The number of hydrogen-bond donors (Lipinski definition) is 4. The lowest BCUT2D eigenvalue weighted by molar-refractivity contribution is -0.00155. The van der Waals surface area contributed by atoms with Gasteiger partial charge in [-0.05, 0) is 24.3 Å². The number of carbonyl (C=O) groups is 1. The maximum absolute atomic E-state index is 12.1. The summed E-state index contributed by atoms with van der Waals surface area (Å²) in [6.07, 6.45) is -3.26. The normalized spacial score (nSPS) is 12.2. The summed E-state index contributed by atoms with van der Waals surface area (Å²) >= 11 is 0. The molecule has 1 unspecified atom stereocenters. The topological polar surface area (TPSA) is 99.1 Å². The summed E-state index contributed by atoms with van der Waals surface area (Å²) in [5, 5.41) is 16.0. The van der Waals surface area contributed by atoms with Crippen LogP contribution in [0.15, 0.2) is 41.3 Å². The Kier molecular flexibility index (Phi) is 4.89. The zero-order chi connectivity index (χ0) is 16.1. The number of anilines is 1. The number of aliphatic hydroxyl groups excluding tert-OH is 1. The van der Waals surface area contributed by atoms with Crippen LogP contribution in [0.2, 0.25) is 0 Å². The monoisotopic (exact) mass is 312 g/mol. The number of benzene rings is 1. The second-order valence-corrected chi connectivity index (χ2v) is 4.45. The number of aromatic nitrogens is 2. The number of aromatic amines is 1. The third-order valence-electron chi connectivity index (χ3n) is 2.77. The number of H-pyrrole nitrogens is 1. The fraction of sp³-hybridized carbons (Fsp3) is 0.231. The van der Waals surface area contributed by atoms with Crippen molar-refractivity contribution in [3.63, 3.8) is 0 Å². The van der Waals surface area contributed by atoms with E-state index in [1.807, 2.05) is 0 Å². The molecular formula is C13H14F2N4O3. The van der Waals surface area contributed by atoms with Crippen LogP contribution in [0.3, 0.4) is 0 Å². The summed E-state index contributed by atoms with van der Waals surface area (Å²) in [6, 6.07) is 7.13. The van der Waals surface area contributed by atoms with Gasteiger partial charge in [0.1, 0.15) is 6.10 Å². The van der Waals surface area contributed by atoms with E-state index < -0.39 is 25.1 Å². The molecule has 1 aromatic heterocycles. The molecule has 0 aliphatic carbocycles. The van der Waals surface area contributed by atoms with Crippen LogP contribution in [0.25, 0.3) is 5.69 Å². The molecule has 0 saturated carbocycles. The Morgan fingerprint density at radius 2 is 1.95 bits per heavy atom. The number of nitrogens with zero attached hydrogens (tertiary/aromatic N) is 1. The molecule has 1 aromatic carbocycles. The first-order valence-corrected chi connectivity index (χ1v) is 6.35. The van der Waals surface area contributed by atoms with E-state index in [0.717, 1.165) is 0 Å². The molecule has 0 bridgehead atoms. The van der Waals surface area contributed by atoms with Gasteiger partial charge in [0, 0.05) is 18.0 Å². The van der Waals surface area contributed by atoms with Gasteiger partial charge in [-0.2, -0.15) is 0 Å². The van der Waals surface area contributed by atoms with Crippen LogP contribution < -0.4 is 16.2 Å². The third kappa shape index (κ3) is 4.16. The van der Waals surface area contributed by atoms with Crippen LogP contribution >= 0.6 is 0 Å². The highest BCUT2D eigenvalue weighted by molar-refractivity contribution is 5.89. The minimum atomic E-state index is -2.91. The zero-order valence-electron chi connectivity index (χ0n) is 11.3. The fourth-order valence-electron chi connectivity index (χ4n) is 1.65. The molecule has 7 nitrogen and oxygen atoms in total. The highest BCUT2D eigenvalue weighted by Crippen LogP contribution is 2.11. The van der Waals surface area contributed by atoms with Crippen molar-refractivity contribution in [2.45, 2.75) is 12.5 Å². The number of nitrogens with one attached hydrogen (secondary N) is 3. The predicted molar refractivity (Wildman–Crippen MR) is 75.4 cm³/mol. The van der Waals surface area contributed by atoms with Crippen LogP contribution in [0, 0.1) is 0 Å². The standard InChI is InChI=1S/C13H14F2N4O3/c14-12(15)10(20)7-16-13(22)17-8-1-3-9(4-2-8)19-6-5-11(21)18-19/h1-6,10,12,20H,7H2,(H,18,21)(H2,16,17,22). The van der Waals surface area contributed by atoms with Gasteiger partial charge in [0.25, 0.3) is 12.0 Å². The third-order valence-corrected chi connectivity index (χ3v) is 2.77. The molecule has 0 aliphatic rings. The van der Waals surface area contributed by atoms with Gasteiger partial charge in [-0.15, -0.1) is 0 Å². The van der Waals surface area contributed by atoms with Gasteiger partial charge in [-0.3, -0.25) is 14.6 Å². The first-order chi connectivity index (χ1) is 10.5. The second-order valence-electron chi connectivity index (χ2n) is 4.45. The van der Waals surface area contributed by atoms with Crippen molar-refractivity contribution in [2.75, 3.05) is 11.9 Å². The first kappa shape index (κ1) is 15.7. The molecule has 2 rings (SSSR count). The summed E-state index contributed by atoms with van der Waals surface area (Å²) in [7, 11) is 0. The van der Waals surface area contributed by atoms with Gasteiger partial charge in [0.15, 0.2) is 0 Å². The average molecular weight is 312 g/mol. The maximum Gasteiger partial charge on any atom is 0.319 e. The molecule has 0 saturated heterocycles. The number of urea groups is 1. The van der Waals surface area contributed by atoms with Gasteiger partial charge < -0.3 is 15.7 Å². The predicted octanol–water partition coefficient (Wildman–Crippen LogP) is 0.913. The lowest BCUT2D eigenvalue weighted by Crippen LogP contribution is -2.38. The number of aliphatic hydroxyl groups is 1. The molecule has 22 heavy (non-hydrogen) atoms. The fourth-order valence-corrected chi connectivity index (χ4v) is 1.65. The number of amides is 2. The molecule has 2 amide bonds. The Morgan fingerprint density at radius 1 is 1.27 bits per heavy atom. The number of alkyl halides is 2. The van der Waals surface area contributed by atoms with Crippen molar-refractivity contribution >= 4 is 11.7 Å². The van der Waals surface area contributed by atoms with Gasteiger partial charge in [0.2, 0.25) is 0 Å². The molecule has 0 fully saturated rings. The zero-order valence-corrected chi connectivity index (χ0v) is 11.3. The van der Waals surface area contributed by atoms with E-state index in [0.29, 0.717) is 11.4 Å². The Morgan fingerprint density at radius 3 is 2.50 bits per heavy atom. The highest BCUT2D eigenvalue weighted by Gasteiger charge is 2.17. The lowest BCUT2D eigenvalue weighted by atomic mass is 10.3. The van der Waals surface area contributed by atoms with Gasteiger partial charge in [0.05, 0.1) is 12.2 Å². The van der Waals surface area contributed by atoms with Gasteiger partial charge in [-0.25, -0.2) is 13.6 Å². The Balaban J connectivity index is 1.91. The molecule has 2 aromatic rings. The Labute approximate surface area is 123 Å². The van der Waals surface area contributed by atoms with E-state index in [2.05, 4.69) is 15.7 Å². The molecule has 1 heterocycles. The highest BCUT2D eigenvalue weighted by atomic mass is 19.3. The molecule has 4 N–H and O–H groups in total. The van der Waals surface area contributed by atoms with Crippen LogP contribution in [0.5, 0.6) is 0 Å². The van der Waals surface area contributed by atoms with E-state index in [4.69, 9.17) is 5.11 Å². The average Bonchev–Trinajstić information content (AvgIpc) is 2.92. The SMILES string of the molecule is O=C(NCC(O)C(F)F)Nc1ccc(-n2ccc(=O)[nH]2)cc1. The van der Waals surface area contributed by atoms with E-state index >= 15 is 0 Å². The van der Waals surface area contributed by atoms with Crippen molar-refractivity contribution in [3.05, 3.63) is 46.9 Å². The Bertz CT molecular complexity index is 681. The molecular weight excluding hydrogens is 298 g/mol. The summed E-state index contributed by atoms with van der Waals surface area (Å²) in [5.41, 5.74) is 0.877. The van der Waals surface area contributed by atoms with Crippen molar-refractivity contribution in [3.8, 4) is 5.69 Å². The van der Waals surface area contributed by atoms with Crippen molar-refractivity contribution in [2.24, 2.45) is 0 Å². The summed E-state index contributed by atoms with van der Waals surface area (Å²) in [6.45, 7) is -0.549. The minimum Gasteiger partial charge on any atom is -0.385 e. The van der Waals surface area contributed by atoms with E-state index in [9.17, 15) is 18.4 Å². The number of carbonyl (C=O) groups excluding carboxylic acids is 1. The molecule has 0 aliphatic heterocycles. The van der Waals surface area contributed by atoms with Gasteiger partial charge >= 0.3 is 6.03 Å². The lowest BCUT2D eigenvalue weighted by Gasteiger charge is -2.12. The van der Waals surface area contributed by atoms with Crippen molar-refractivity contribution < 1.29 is 18.7 Å². The van der Waals surface area contributed by atoms with Gasteiger partial charge in [-0.1, -0.05) is 0 Å². The Hall–Kier alpha value is -2.68. The van der Waals surface area contributed by atoms with Crippen molar-refractivity contribution in [1.82, 2.24) is 15.1 Å². The van der Waals surface area contributed by atoms with Crippen molar-refractivity contribution in [1.29, 1.82) is 0 Å². The molecule has 1 atom stereocenters. The largest absolute Gasteiger partial charge is 0.385 e. The quantitative estimate of drug-likeness (QED) is 0.660. The van der Waals surface area contributed by atoms with Crippen LogP contribution in [-0.4, -0.2) is 40.0 Å². The minimum absolute atomic E-state index is 0.237. The summed E-state index contributed by atoms with van der Waals surface area (Å²) < 4.78 is 25.6. The molecule has 118 valence electrons. The van der Waals surface area contributed by atoms with Crippen LogP contribution in [0.1, 0.15) is 0 Å². The van der Waals surface area contributed by atoms with E-state index in [-0.39, 0.29) is 5.56 Å².